The predicted octanol–water partition coefficient (Wildman–Crippen LogP) is 1.15. The highest BCUT2D eigenvalue weighted by Gasteiger charge is 2.17. The fourth-order valence-corrected chi connectivity index (χ4v) is 2.56. The molecule has 0 unspecified atom stereocenters. The number of carboxylic acids is 1. The average molecular weight is 287 g/mol. The van der Waals surface area contributed by atoms with Crippen molar-refractivity contribution in [3.63, 3.8) is 0 Å². The molecule has 0 aromatic carbocycles. The second-order valence-electron chi connectivity index (χ2n) is 5.15. The van der Waals surface area contributed by atoms with Gasteiger partial charge < -0.3 is 16.2 Å². The van der Waals surface area contributed by atoms with E-state index < -0.39 is 5.97 Å². The summed E-state index contributed by atoms with van der Waals surface area (Å²) in [5.41, 5.74) is 7.15. The number of nitrogens with zero attached hydrogens (tertiary/aromatic N) is 3. The van der Waals surface area contributed by atoms with Gasteiger partial charge in [-0.2, -0.15) is 5.10 Å². The molecule has 0 amide bonds. The number of aromatic carboxylic acids is 1. The maximum Gasteiger partial charge on any atom is 0.339 e. The monoisotopic (exact) mass is 287 g/mol. The highest BCUT2D eigenvalue weighted by Crippen LogP contribution is 2.24. The van der Waals surface area contributed by atoms with Gasteiger partial charge in [-0.05, 0) is 32.0 Å². The van der Waals surface area contributed by atoms with Crippen molar-refractivity contribution in [3.8, 4) is 11.1 Å². The summed E-state index contributed by atoms with van der Waals surface area (Å²) >= 11 is 0. The van der Waals surface area contributed by atoms with Crippen LogP contribution in [0, 0.1) is 0 Å². The molecule has 7 nitrogen and oxygen atoms in total. The van der Waals surface area contributed by atoms with Crippen molar-refractivity contribution >= 4 is 11.8 Å². The van der Waals surface area contributed by atoms with Crippen molar-refractivity contribution in [2.24, 2.45) is 0 Å². The van der Waals surface area contributed by atoms with Crippen LogP contribution in [0.2, 0.25) is 0 Å². The summed E-state index contributed by atoms with van der Waals surface area (Å²) in [7, 11) is 0. The Hall–Kier alpha value is -2.41. The number of pyridine rings is 1. The number of carbonyl (C=O) groups is 1. The van der Waals surface area contributed by atoms with Crippen LogP contribution >= 0.6 is 0 Å². The molecule has 0 aliphatic carbocycles. The van der Waals surface area contributed by atoms with Crippen molar-refractivity contribution < 1.29 is 9.90 Å². The first kappa shape index (κ1) is 13.6. The molecule has 0 spiro atoms. The quantitative estimate of drug-likeness (QED) is 0.782. The van der Waals surface area contributed by atoms with Crippen LogP contribution in [0.1, 0.15) is 29.2 Å². The maximum absolute atomic E-state index is 11.1. The van der Waals surface area contributed by atoms with Gasteiger partial charge in [0.1, 0.15) is 11.4 Å². The van der Waals surface area contributed by atoms with Gasteiger partial charge in [-0.15, -0.1) is 0 Å². The zero-order valence-electron chi connectivity index (χ0n) is 11.5. The van der Waals surface area contributed by atoms with E-state index in [0.717, 1.165) is 31.5 Å². The molecule has 110 valence electrons. The molecule has 1 aliphatic rings. The van der Waals surface area contributed by atoms with E-state index in [0.29, 0.717) is 11.6 Å². The van der Waals surface area contributed by atoms with Gasteiger partial charge in [0.2, 0.25) is 0 Å². The van der Waals surface area contributed by atoms with Gasteiger partial charge in [0.05, 0.1) is 12.2 Å². The Labute approximate surface area is 121 Å². The second-order valence-corrected chi connectivity index (χ2v) is 5.15. The van der Waals surface area contributed by atoms with Crippen molar-refractivity contribution in [2.45, 2.75) is 18.9 Å². The number of nitrogen functional groups attached to an aromatic ring is 1. The first-order valence-corrected chi connectivity index (χ1v) is 6.89. The molecule has 7 heteroatoms. The largest absolute Gasteiger partial charge is 0.478 e. The van der Waals surface area contributed by atoms with E-state index in [1.165, 1.54) is 6.07 Å². The molecule has 3 rings (SSSR count). The van der Waals surface area contributed by atoms with Crippen molar-refractivity contribution in [1.29, 1.82) is 0 Å². The Morgan fingerprint density at radius 1 is 1.33 bits per heavy atom. The molecule has 1 aliphatic heterocycles. The molecular formula is C14H17N5O2. The minimum Gasteiger partial charge on any atom is -0.478 e. The maximum atomic E-state index is 11.1. The molecule has 4 N–H and O–H groups in total. The minimum absolute atomic E-state index is 0.0158. The van der Waals surface area contributed by atoms with E-state index in [1.807, 2.05) is 10.9 Å². The summed E-state index contributed by atoms with van der Waals surface area (Å²) in [6, 6.07) is 1.93. The molecule has 2 aromatic rings. The molecule has 1 fully saturated rings. The van der Waals surface area contributed by atoms with Crippen LogP contribution in [0.5, 0.6) is 0 Å². The van der Waals surface area contributed by atoms with Gasteiger partial charge in [-0.3, -0.25) is 4.68 Å². The van der Waals surface area contributed by atoms with Gasteiger partial charge in [-0.1, -0.05) is 0 Å². The summed E-state index contributed by atoms with van der Waals surface area (Å²) in [4.78, 5) is 15.1. The zero-order chi connectivity index (χ0) is 14.8. The van der Waals surface area contributed by atoms with Gasteiger partial charge in [-0.25, -0.2) is 9.78 Å². The minimum atomic E-state index is -1.08. The lowest BCUT2D eigenvalue weighted by Gasteiger charge is -2.22. The van der Waals surface area contributed by atoms with Gasteiger partial charge in [0.15, 0.2) is 0 Å². The summed E-state index contributed by atoms with van der Waals surface area (Å²) < 4.78 is 1.95. The van der Waals surface area contributed by atoms with Crippen molar-refractivity contribution in [2.75, 3.05) is 18.8 Å². The molecular weight excluding hydrogens is 270 g/mol. The molecule has 21 heavy (non-hydrogen) atoms. The number of nitrogens with two attached hydrogens (primary N) is 1. The van der Waals surface area contributed by atoms with E-state index >= 15 is 0 Å². The normalized spacial score (nSPS) is 16.0. The van der Waals surface area contributed by atoms with Crippen LogP contribution in [-0.4, -0.2) is 38.9 Å². The number of nitrogens with one attached hydrogen (secondary N) is 1. The highest BCUT2D eigenvalue weighted by molar-refractivity contribution is 5.94. The fraction of sp³-hybridized carbons (Fsp3) is 0.357. The number of carboxylic acid groups (broad SMARTS) is 1. The molecule has 2 aromatic heterocycles. The number of rotatable bonds is 3. The Kier molecular flexibility index (Phi) is 3.57. The molecule has 0 bridgehead atoms. The lowest BCUT2D eigenvalue weighted by Crippen LogP contribution is -2.29. The topological polar surface area (TPSA) is 106 Å². The molecule has 0 atom stereocenters. The van der Waals surface area contributed by atoms with Gasteiger partial charge in [0, 0.05) is 23.5 Å². The van der Waals surface area contributed by atoms with Gasteiger partial charge >= 0.3 is 5.97 Å². The molecule has 0 radical (unpaired) electrons. The van der Waals surface area contributed by atoms with Crippen molar-refractivity contribution in [1.82, 2.24) is 20.1 Å². The molecule has 0 saturated carbocycles. The second kappa shape index (κ2) is 5.53. The van der Waals surface area contributed by atoms with Crippen LogP contribution in [-0.2, 0) is 0 Å². The lowest BCUT2D eigenvalue weighted by molar-refractivity contribution is 0.0697. The lowest BCUT2D eigenvalue weighted by atomic mass is 10.1. The third-order valence-electron chi connectivity index (χ3n) is 3.77. The zero-order valence-corrected chi connectivity index (χ0v) is 11.5. The highest BCUT2D eigenvalue weighted by atomic mass is 16.4. The van der Waals surface area contributed by atoms with E-state index in [1.54, 1.807) is 12.4 Å². The summed E-state index contributed by atoms with van der Waals surface area (Å²) in [6.45, 7) is 1.99. The van der Waals surface area contributed by atoms with Gasteiger partial charge in [0.25, 0.3) is 0 Å². The first-order valence-electron chi connectivity index (χ1n) is 6.89. The van der Waals surface area contributed by atoms with Crippen LogP contribution < -0.4 is 11.1 Å². The number of hydrogen-bond acceptors (Lipinski definition) is 5. The van der Waals surface area contributed by atoms with Crippen LogP contribution in [0.3, 0.4) is 0 Å². The van der Waals surface area contributed by atoms with Crippen LogP contribution in [0.4, 0.5) is 5.82 Å². The SMILES string of the molecule is Nc1ncc(-c2cnn(C3CCNCC3)c2)cc1C(=O)O. The van der Waals surface area contributed by atoms with Crippen LogP contribution in [0.25, 0.3) is 11.1 Å². The third-order valence-corrected chi connectivity index (χ3v) is 3.77. The Morgan fingerprint density at radius 3 is 2.81 bits per heavy atom. The Morgan fingerprint density at radius 2 is 2.10 bits per heavy atom. The van der Waals surface area contributed by atoms with E-state index in [-0.39, 0.29) is 11.4 Å². The smallest absolute Gasteiger partial charge is 0.339 e. The Balaban J connectivity index is 1.89. The van der Waals surface area contributed by atoms with E-state index in [2.05, 4.69) is 15.4 Å². The average Bonchev–Trinajstić information content (AvgIpc) is 2.98. The van der Waals surface area contributed by atoms with E-state index in [4.69, 9.17) is 10.8 Å². The first-order chi connectivity index (χ1) is 10.1. The van der Waals surface area contributed by atoms with Crippen LogP contribution in [0.15, 0.2) is 24.7 Å². The third kappa shape index (κ3) is 2.73. The number of aromatic nitrogens is 3. The number of anilines is 1. The molecule has 1 saturated heterocycles. The van der Waals surface area contributed by atoms with E-state index in [9.17, 15) is 4.79 Å². The Bertz CT molecular complexity index is 661. The van der Waals surface area contributed by atoms with Crippen molar-refractivity contribution in [3.05, 3.63) is 30.2 Å². The fourth-order valence-electron chi connectivity index (χ4n) is 2.56. The standard InChI is InChI=1S/C14H17N5O2/c15-13-12(14(20)21)5-9(6-17-13)10-7-18-19(8-10)11-1-3-16-4-2-11/h5-8,11,16H,1-4H2,(H2,15,17)(H,20,21). The predicted molar refractivity (Wildman–Crippen MR) is 78.0 cm³/mol. The summed E-state index contributed by atoms with van der Waals surface area (Å²) in [5.74, 6) is -1.05. The number of hydrogen-bond donors (Lipinski definition) is 3. The summed E-state index contributed by atoms with van der Waals surface area (Å²) in [5, 5.41) is 16.8. The molecule has 3 heterocycles. The summed E-state index contributed by atoms with van der Waals surface area (Å²) in [6.07, 6.45) is 7.34. The number of piperidine rings is 1.